The van der Waals surface area contributed by atoms with Gasteiger partial charge in [0.1, 0.15) is 0 Å². The van der Waals surface area contributed by atoms with Gasteiger partial charge in [-0.2, -0.15) is 0 Å². The highest BCUT2D eigenvalue weighted by atomic mass is 17.0. The van der Waals surface area contributed by atoms with Gasteiger partial charge < -0.3 is 0 Å². The summed E-state index contributed by atoms with van der Waals surface area (Å²) in [4.78, 5) is 0. The maximum absolute atomic E-state index is 6.00. The lowest BCUT2D eigenvalue weighted by Crippen LogP contribution is -1.29. The molecule has 0 aliphatic carbocycles. The summed E-state index contributed by atoms with van der Waals surface area (Å²) in [6.45, 7) is 6.00. The summed E-state index contributed by atoms with van der Waals surface area (Å²) >= 11 is 0. The van der Waals surface area contributed by atoms with E-state index in [4.69, 9.17) is 10.5 Å². The second-order valence-electron chi connectivity index (χ2n) is 0. The fourth-order valence-corrected chi connectivity index (χ4v) is 0. The molecule has 0 amide bonds. The van der Waals surface area contributed by atoms with Gasteiger partial charge >= 0.3 is 0 Å². The van der Waals surface area contributed by atoms with Gasteiger partial charge in [0.05, 0.1) is 0 Å². The van der Waals surface area contributed by atoms with Gasteiger partial charge in [-0.05, 0) is 0 Å². The molecule has 0 aromatic heterocycles. The maximum atomic E-state index is 6.00. The van der Waals surface area contributed by atoms with Crippen LogP contribution in [0.15, 0.2) is 13.2 Å². The molecule has 0 fully saturated rings. The van der Waals surface area contributed by atoms with E-state index in [1.807, 2.05) is 0 Å². The van der Waals surface area contributed by atoms with Crippen molar-refractivity contribution in [3.05, 3.63) is 13.2 Å². The van der Waals surface area contributed by atoms with E-state index in [-0.39, 0.29) is 14.9 Å². The van der Waals surface area contributed by atoms with Crippen molar-refractivity contribution in [1.82, 2.24) is 0 Å². The van der Waals surface area contributed by atoms with Crippen molar-refractivity contribution < 1.29 is 10.5 Å². The van der Waals surface area contributed by atoms with Crippen LogP contribution in [0, 0.1) is 0 Å². The van der Waals surface area contributed by atoms with Crippen molar-refractivity contribution in [3.8, 4) is 0 Å². The molecule has 0 radical (unpaired) electrons. The molecule has 0 heterocycles. The van der Waals surface area contributed by atoms with Crippen LogP contribution in [0.25, 0.3) is 0 Å². The molecule has 0 saturated carbocycles. The van der Waals surface area contributed by atoms with Crippen LogP contribution < -0.4 is 0 Å². The predicted molar refractivity (Wildman–Crippen MR) is 30.0 cm³/mol. The van der Waals surface area contributed by atoms with Crippen LogP contribution in [0.2, 0.25) is 0 Å². The molecule has 0 bridgehead atoms. The van der Waals surface area contributed by atoms with Crippen molar-refractivity contribution in [2.45, 2.75) is 14.9 Å². The minimum atomic E-state index is 0. The Morgan fingerprint density at radius 2 is 0.833 bits per heavy atom. The third-order valence-corrected chi connectivity index (χ3v) is 0. The molecule has 2 nitrogen and oxygen atoms in total. The second-order valence-corrected chi connectivity index (χ2v) is 0. The number of rotatable bonds is 0. The number of hydrogen-bond donors (Lipinski definition) is 2. The molecule has 0 atom stereocenters. The average molecular weight is 94.2 g/mol. The Hall–Kier alpha value is -0.340. The Kier molecular flexibility index (Phi) is 4010. The number of hydrogen-bond acceptors (Lipinski definition) is 2. The molecule has 0 saturated heterocycles. The Labute approximate surface area is 39.7 Å². The first-order chi connectivity index (χ1) is 2.00. The first-order valence-electron chi connectivity index (χ1n) is 0.700. The lowest BCUT2D eigenvalue weighted by molar-refractivity contribution is -0.176. The van der Waals surface area contributed by atoms with Crippen LogP contribution in [0.1, 0.15) is 14.9 Å². The van der Waals surface area contributed by atoms with E-state index < -0.39 is 0 Å². The van der Waals surface area contributed by atoms with Gasteiger partial charge in [0.15, 0.2) is 0 Å². The molecule has 0 aliphatic rings. The van der Waals surface area contributed by atoms with E-state index in [0.717, 1.165) is 0 Å². The summed E-state index contributed by atoms with van der Waals surface area (Å²) < 4.78 is 0. The Bertz CT molecular complexity index is 5.51. The SMILES string of the molecule is C.C.C=C.OO. The molecule has 6 heavy (non-hydrogen) atoms. The van der Waals surface area contributed by atoms with Crippen LogP contribution in [0.5, 0.6) is 0 Å². The van der Waals surface area contributed by atoms with Crippen molar-refractivity contribution in [1.29, 1.82) is 0 Å². The highest BCUT2D eigenvalue weighted by Crippen LogP contribution is 0.862. The molecular weight excluding hydrogens is 80.0 g/mol. The van der Waals surface area contributed by atoms with Gasteiger partial charge in [0.25, 0.3) is 0 Å². The maximum Gasteiger partial charge on any atom is -0.0776 e. The topological polar surface area (TPSA) is 40.5 Å². The second kappa shape index (κ2) is 540. The first-order valence-corrected chi connectivity index (χ1v) is 0.700. The summed E-state index contributed by atoms with van der Waals surface area (Å²) in [6, 6.07) is 0. The zero-order chi connectivity index (χ0) is 4.00. The van der Waals surface area contributed by atoms with E-state index in [1.54, 1.807) is 0 Å². The zero-order valence-corrected chi connectivity index (χ0v) is 2.31. The monoisotopic (exact) mass is 94.1 g/mol. The normalized spacial score (nSPS) is 1.67. The molecule has 42 valence electrons. The van der Waals surface area contributed by atoms with Crippen LogP contribution in [-0.2, 0) is 0 Å². The van der Waals surface area contributed by atoms with E-state index >= 15 is 0 Å². The largest absolute Gasteiger partial charge is 0.255 e. The summed E-state index contributed by atoms with van der Waals surface area (Å²) in [5, 5.41) is 12.0. The standard InChI is InChI=1S/C2H4.2CH4.H2O2/c1-2;;;1-2/h1-2H2;2*1H4;1-2H. The smallest absolute Gasteiger partial charge is 0.0776 e. The lowest BCUT2D eigenvalue weighted by atomic mass is 11.3. The summed E-state index contributed by atoms with van der Waals surface area (Å²) in [6.07, 6.45) is 0. The fraction of sp³-hybridized carbons (Fsp3) is 0.500. The third kappa shape index (κ3) is 224. The summed E-state index contributed by atoms with van der Waals surface area (Å²) in [5.41, 5.74) is 0. The summed E-state index contributed by atoms with van der Waals surface area (Å²) in [7, 11) is 0. The van der Waals surface area contributed by atoms with Gasteiger partial charge in [-0.25, -0.2) is 0 Å². The molecule has 0 aromatic rings. The van der Waals surface area contributed by atoms with Crippen LogP contribution >= 0.6 is 0 Å². The molecule has 0 aliphatic heterocycles. The van der Waals surface area contributed by atoms with Gasteiger partial charge in [-0.1, -0.05) is 14.9 Å². The van der Waals surface area contributed by atoms with Crippen LogP contribution in [-0.4, -0.2) is 10.5 Å². The van der Waals surface area contributed by atoms with Gasteiger partial charge in [-0.3, -0.25) is 10.5 Å². The molecular formula is C4H14O2. The van der Waals surface area contributed by atoms with Gasteiger partial charge in [-0.15, -0.1) is 13.2 Å². The van der Waals surface area contributed by atoms with E-state index in [1.165, 1.54) is 0 Å². The van der Waals surface area contributed by atoms with Crippen molar-refractivity contribution in [2.75, 3.05) is 0 Å². The quantitative estimate of drug-likeness (QED) is 0.274. The molecule has 0 aromatic carbocycles. The van der Waals surface area contributed by atoms with Gasteiger partial charge in [0, 0.05) is 0 Å². The molecule has 0 unspecified atom stereocenters. The van der Waals surface area contributed by atoms with E-state index in [2.05, 4.69) is 13.2 Å². The minimum absolute atomic E-state index is 0. The Balaban J connectivity index is -0.00000000500. The third-order valence-electron chi connectivity index (χ3n) is 0. The van der Waals surface area contributed by atoms with Crippen LogP contribution in [0.4, 0.5) is 0 Å². The van der Waals surface area contributed by atoms with Crippen molar-refractivity contribution >= 4 is 0 Å². The Morgan fingerprint density at radius 3 is 0.833 bits per heavy atom. The predicted octanol–water partition coefficient (Wildman–Crippen LogP) is 2.09. The van der Waals surface area contributed by atoms with E-state index in [0.29, 0.717) is 0 Å². The molecule has 2 heteroatoms. The van der Waals surface area contributed by atoms with E-state index in [9.17, 15) is 0 Å². The van der Waals surface area contributed by atoms with Crippen molar-refractivity contribution in [2.24, 2.45) is 0 Å². The molecule has 0 spiro atoms. The first kappa shape index (κ1) is 44.6. The van der Waals surface area contributed by atoms with Crippen molar-refractivity contribution in [3.63, 3.8) is 0 Å². The highest BCUT2D eigenvalue weighted by molar-refractivity contribution is 4.22. The van der Waals surface area contributed by atoms with Crippen LogP contribution in [0.3, 0.4) is 0 Å². The fourth-order valence-electron chi connectivity index (χ4n) is 0. The van der Waals surface area contributed by atoms with Gasteiger partial charge in [0.2, 0.25) is 0 Å². The Morgan fingerprint density at radius 1 is 0.833 bits per heavy atom. The summed E-state index contributed by atoms with van der Waals surface area (Å²) in [5.74, 6) is 0. The lowest BCUT2D eigenvalue weighted by Gasteiger charge is -1.25. The minimum Gasteiger partial charge on any atom is -0.255 e. The highest BCUT2D eigenvalue weighted by Gasteiger charge is 0.745. The molecule has 2 N–H and O–H groups in total. The average Bonchev–Trinajstić information content (AvgIpc) is 1.50. The molecule has 0 rings (SSSR count). The zero-order valence-electron chi connectivity index (χ0n) is 2.31.